The van der Waals surface area contributed by atoms with Crippen LogP contribution in [0, 0.1) is 0 Å². The third-order valence-corrected chi connectivity index (χ3v) is 2.12. The van der Waals surface area contributed by atoms with Gasteiger partial charge in [0, 0.05) is 12.4 Å². The van der Waals surface area contributed by atoms with Gasteiger partial charge in [-0.1, -0.05) is 10.4 Å². The third-order valence-electron chi connectivity index (χ3n) is 2.12. The van der Waals surface area contributed by atoms with Gasteiger partial charge in [-0.05, 0) is 24.3 Å². The summed E-state index contributed by atoms with van der Waals surface area (Å²) in [5, 5.41) is 15.4. The molecule has 0 fully saturated rings. The topological polar surface area (TPSA) is 99.3 Å². The minimum atomic E-state index is 0.450. The molecule has 0 aliphatic rings. The Bertz CT molecular complexity index is 488. The zero-order valence-corrected chi connectivity index (χ0v) is 10.7. The Labute approximate surface area is 116 Å². The molecule has 2 N–H and O–H groups in total. The van der Waals surface area contributed by atoms with Gasteiger partial charge < -0.3 is 0 Å². The van der Waals surface area contributed by atoms with E-state index in [0.29, 0.717) is 13.1 Å². The van der Waals surface area contributed by atoms with E-state index >= 15 is 0 Å². The van der Waals surface area contributed by atoms with Gasteiger partial charge in [0.1, 0.15) is 0 Å². The standard InChI is InChI=1S/C12H14N8/c1-3-11(9-13-5-1)17-19-15-7-8-16-20-18-12-4-2-6-14-10-12/h1-6,9-10H,7-8H2,(H,15,17)(H,16,18). The summed E-state index contributed by atoms with van der Waals surface area (Å²) >= 11 is 0. The highest BCUT2D eigenvalue weighted by atomic mass is 15.4. The van der Waals surface area contributed by atoms with Gasteiger partial charge in [0.15, 0.2) is 0 Å². The van der Waals surface area contributed by atoms with Crippen LogP contribution in [0.3, 0.4) is 0 Å². The monoisotopic (exact) mass is 270 g/mol. The van der Waals surface area contributed by atoms with Crippen LogP contribution in [0.4, 0.5) is 11.4 Å². The summed E-state index contributed by atoms with van der Waals surface area (Å²) in [6.07, 6.45) is 6.71. The number of aromatic nitrogens is 2. The van der Waals surface area contributed by atoms with Crippen molar-refractivity contribution in [3.63, 3.8) is 0 Å². The van der Waals surface area contributed by atoms with Crippen LogP contribution < -0.4 is 10.9 Å². The van der Waals surface area contributed by atoms with Gasteiger partial charge >= 0.3 is 0 Å². The molecule has 0 saturated heterocycles. The first-order valence-electron chi connectivity index (χ1n) is 6.00. The van der Waals surface area contributed by atoms with E-state index in [4.69, 9.17) is 0 Å². The number of hydrogen-bond donors (Lipinski definition) is 2. The molecule has 0 aliphatic carbocycles. The van der Waals surface area contributed by atoms with Crippen LogP contribution in [0.15, 0.2) is 69.7 Å². The largest absolute Gasteiger partial charge is 0.263 e. The fourth-order valence-electron chi connectivity index (χ4n) is 1.23. The van der Waals surface area contributed by atoms with Crippen molar-refractivity contribution in [1.29, 1.82) is 0 Å². The number of rotatable bonds is 7. The van der Waals surface area contributed by atoms with Gasteiger partial charge in [0.05, 0.1) is 36.9 Å². The van der Waals surface area contributed by atoms with Gasteiger partial charge in [-0.15, -0.1) is 0 Å². The van der Waals surface area contributed by atoms with E-state index in [2.05, 4.69) is 41.5 Å². The van der Waals surface area contributed by atoms with Gasteiger partial charge in [0.2, 0.25) is 0 Å². The Balaban J connectivity index is 1.59. The second-order valence-electron chi connectivity index (χ2n) is 3.64. The van der Waals surface area contributed by atoms with Crippen LogP contribution in [0.25, 0.3) is 0 Å². The van der Waals surface area contributed by atoms with Crippen molar-refractivity contribution in [3.05, 3.63) is 49.1 Å². The van der Waals surface area contributed by atoms with Crippen LogP contribution in [-0.2, 0) is 0 Å². The van der Waals surface area contributed by atoms with Crippen molar-refractivity contribution in [3.8, 4) is 0 Å². The molecule has 0 spiro atoms. The highest BCUT2D eigenvalue weighted by Gasteiger charge is 1.87. The Morgan fingerprint density at radius 3 is 1.70 bits per heavy atom. The van der Waals surface area contributed by atoms with Crippen molar-refractivity contribution in [2.45, 2.75) is 0 Å². The molecule has 0 aliphatic heterocycles. The second-order valence-corrected chi connectivity index (χ2v) is 3.64. The summed E-state index contributed by atoms with van der Waals surface area (Å²) < 4.78 is 0. The summed E-state index contributed by atoms with van der Waals surface area (Å²) in [5.41, 5.74) is 7.10. The Kier molecular flexibility index (Phi) is 5.58. The van der Waals surface area contributed by atoms with E-state index in [0.717, 1.165) is 11.4 Å². The Hall–Kier alpha value is -2.90. The molecule has 0 saturated carbocycles. The van der Waals surface area contributed by atoms with Crippen LogP contribution in [0.5, 0.6) is 0 Å². The number of nitrogens with zero attached hydrogens (tertiary/aromatic N) is 6. The molecule has 2 aromatic heterocycles. The predicted molar refractivity (Wildman–Crippen MR) is 75.2 cm³/mol. The molecular weight excluding hydrogens is 256 g/mol. The lowest BCUT2D eigenvalue weighted by Gasteiger charge is -1.96. The first kappa shape index (κ1) is 13.5. The van der Waals surface area contributed by atoms with Crippen LogP contribution in [0.2, 0.25) is 0 Å². The van der Waals surface area contributed by atoms with Crippen LogP contribution in [-0.4, -0.2) is 23.1 Å². The van der Waals surface area contributed by atoms with Crippen molar-refractivity contribution in [2.75, 3.05) is 23.9 Å². The van der Waals surface area contributed by atoms with Crippen molar-refractivity contribution in [2.24, 2.45) is 20.7 Å². The molecule has 2 heterocycles. The molecule has 0 amide bonds. The van der Waals surface area contributed by atoms with Crippen molar-refractivity contribution >= 4 is 11.4 Å². The molecule has 0 radical (unpaired) electrons. The van der Waals surface area contributed by atoms with E-state index in [1.807, 2.05) is 24.3 Å². The molecule has 0 bridgehead atoms. The highest BCUT2D eigenvalue weighted by Crippen LogP contribution is 2.02. The third kappa shape index (κ3) is 5.17. The maximum absolute atomic E-state index is 3.94. The molecule has 2 aromatic rings. The fourth-order valence-corrected chi connectivity index (χ4v) is 1.23. The van der Waals surface area contributed by atoms with E-state index in [1.165, 1.54) is 0 Å². The smallest absolute Gasteiger partial charge is 0.0834 e. The predicted octanol–water partition coefficient (Wildman–Crippen LogP) is 2.74. The Morgan fingerprint density at radius 2 is 1.30 bits per heavy atom. The van der Waals surface area contributed by atoms with E-state index in [1.54, 1.807) is 24.8 Å². The van der Waals surface area contributed by atoms with Crippen LogP contribution in [0.1, 0.15) is 0 Å². The summed E-state index contributed by atoms with van der Waals surface area (Å²) in [6.45, 7) is 0.900. The molecular formula is C12H14N8. The van der Waals surface area contributed by atoms with Crippen molar-refractivity contribution < 1.29 is 0 Å². The summed E-state index contributed by atoms with van der Waals surface area (Å²) in [7, 11) is 0. The Morgan fingerprint density at radius 1 is 0.800 bits per heavy atom. The number of hydrogen-bond acceptors (Lipinski definition) is 6. The molecule has 102 valence electrons. The molecule has 0 atom stereocenters. The molecule has 8 heteroatoms. The average Bonchev–Trinajstić information content (AvgIpc) is 2.52. The molecule has 2 rings (SSSR count). The number of anilines is 2. The summed E-state index contributed by atoms with van der Waals surface area (Å²) in [4.78, 5) is 7.88. The molecule has 0 aromatic carbocycles. The zero-order valence-electron chi connectivity index (χ0n) is 10.7. The van der Waals surface area contributed by atoms with Crippen molar-refractivity contribution in [1.82, 2.24) is 9.97 Å². The molecule has 0 unspecified atom stereocenters. The van der Waals surface area contributed by atoms with Gasteiger partial charge in [-0.25, -0.2) is 0 Å². The molecule has 20 heavy (non-hydrogen) atoms. The minimum absolute atomic E-state index is 0.450. The van der Waals surface area contributed by atoms with Gasteiger partial charge in [0.25, 0.3) is 0 Å². The first-order valence-corrected chi connectivity index (χ1v) is 6.00. The average molecular weight is 270 g/mol. The zero-order chi connectivity index (χ0) is 13.9. The quantitative estimate of drug-likeness (QED) is 0.459. The number of pyridine rings is 2. The lowest BCUT2D eigenvalue weighted by atomic mass is 10.4. The number of nitrogens with one attached hydrogen (secondary N) is 2. The summed E-state index contributed by atoms with van der Waals surface area (Å²) in [6, 6.07) is 7.33. The van der Waals surface area contributed by atoms with Gasteiger partial charge in [-0.3, -0.25) is 20.8 Å². The fraction of sp³-hybridized carbons (Fsp3) is 0.167. The summed E-state index contributed by atoms with van der Waals surface area (Å²) in [5.74, 6) is 0. The first-order chi connectivity index (χ1) is 9.95. The highest BCUT2D eigenvalue weighted by molar-refractivity contribution is 5.38. The normalized spacial score (nSPS) is 11.0. The van der Waals surface area contributed by atoms with Gasteiger partial charge in [-0.2, -0.15) is 10.2 Å². The van der Waals surface area contributed by atoms with Crippen LogP contribution >= 0.6 is 0 Å². The maximum atomic E-state index is 3.94. The lowest BCUT2D eigenvalue weighted by Crippen LogP contribution is -1.91. The van der Waals surface area contributed by atoms with E-state index < -0.39 is 0 Å². The minimum Gasteiger partial charge on any atom is -0.263 e. The van der Waals surface area contributed by atoms with E-state index in [-0.39, 0.29) is 0 Å². The lowest BCUT2D eigenvalue weighted by molar-refractivity contribution is 0.842. The van der Waals surface area contributed by atoms with E-state index in [9.17, 15) is 0 Å². The molecule has 8 nitrogen and oxygen atoms in total. The maximum Gasteiger partial charge on any atom is 0.0834 e. The SMILES string of the molecule is c1cncc(NN=NCCN=NNc2cccnc2)c1. The second kappa shape index (κ2) is 8.25.